The highest BCUT2D eigenvalue weighted by Crippen LogP contribution is 2.07. The van der Waals surface area contributed by atoms with E-state index in [9.17, 15) is 14.7 Å². The first-order chi connectivity index (χ1) is 5.57. The summed E-state index contributed by atoms with van der Waals surface area (Å²) < 4.78 is 1.00. The van der Waals surface area contributed by atoms with Gasteiger partial charge in [0, 0.05) is 7.05 Å². The average Bonchev–Trinajstić information content (AvgIpc) is 2.01. The first kappa shape index (κ1) is 8.58. The van der Waals surface area contributed by atoms with E-state index in [0.717, 1.165) is 4.57 Å². The first-order valence-electron chi connectivity index (χ1n) is 3.59. The molecular formula is C7H10N2O3. The van der Waals surface area contributed by atoms with Gasteiger partial charge < -0.3 is 5.11 Å². The van der Waals surface area contributed by atoms with E-state index < -0.39 is 11.2 Å². The molecule has 0 amide bonds. The van der Waals surface area contributed by atoms with Gasteiger partial charge in [0.2, 0.25) is 5.88 Å². The van der Waals surface area contributed by atoms with Gasteiger partial charge in [-0.1, -0.05) is 6.92 Å². The van der Waals surface area contributed by atoms with Gasteiger partial charge in [0.15, 0.2) is 0 Å². The molecule has 1 aromatic heterocycles. The monoisotopic (exact) mass is 170 g/mol. The molecule has 0 radical (unpaired) electrons. The number of nitrogens with zero attached hydrogens (tertiary/aromatic N) is 1. The lowest BCUT2D eigenvalue weighted by Crippen LogP contribution is -2.30. The fourth-order valence-corrected chi connectivity index (χ4v) is 0.975. The van der Waals surface area contributed by atoms with E-state index >= 15 is 0 Å². The van der Waals surface area contributed by atoms with Gasteiger partial charge in [-0.3, -0.25) is 14.3 Å². The summed E-state index contributed by atoms with van der Waals surface area (Å²) in [7, 11) is 1.40. The first-order valence-corrected chi connectivity index (χ1v) is 3.59. The zero-order valence-electron chi connectivity index (χ0n) is 6.92. The number of rotatable bonds is 1. The van der Waals surface area contributed by atoms with E-state index in [1.807, 2.05) is 0 Å². The molecule has 0 aliphatic heterocycles. The normalized spacial score (nSPS) is 10.2. The van der Waals surface area contributed by atoms with Crippen LogP contribution in [0, 0.1) is 0 Å². The molecule has 2 N–H and O–H groups in total. The van der Waals surface area contributed by atoms with E-state index in [2.05, 4.69) is 4.98 Å². The summed E-state index contributed by atoms with van der Waals surface area (Å²) in [6.45, 7) is 1.73. The third-order valence-electron chi connectivity index (χ3n) is 1.74. The van der Waals surface area contributed by atoms with Gasteiger partial charge in [-0.05, 0) is 6.42 Å². The topological polar surface area (TPSA) is 75.1 Å². The van der Waals surface area contributed by atoms with Crippen LogP contribution in [0.25, 0.3) is 0 Å². The molecule has 0 atom stereocenters. The third-order valence-corrected chi connectivity index (χ3v) is 1.74. The predicted molar refractivity (Wildman–Crippen MR) is 43.3 cm³/mol. The van der Waals surface area contributed by atoms with Crippen molar-refractivity contribution in [3.8, 4) is 5.88 Å². The Bertz CT molecular complexity index is 402. The molecule has 5 heteroatoms. The molecule has 0 bridgehead atoms. The molecule has 0 spiro atoms. The predicted octanol–water partition coefficient (Wildman–Crippen LogP) is -0.658. The van der Waals surface area contributed by atoms with Gasteiger partial charge in [-0.25, -0.2) is 4.79 Å². The summed E-state index contributed by atoms with van der Waals surface area (Å²) in [6.07, 6.45) is 0.398. The third kappa shape index (κ3) is 1.13. The summed E-state index contributed by atoms with van der Waals surface area (Å²) in [5.74, 6) is -0.258. The van der Waals surface area contributed by atoms with Gasteiger partial charge in [-0.2, -0.15) is 0 Å². The number of hydrogen-bond donors (Lipinski definition) is 2. The highest BCUT2D eigenvalue weighted by atomic mass is 16.3. The molecule has 1 heterocycles. The SMILES string of the molecule is CCc1c(O)n(C)c(=O)[nH]c1=O. The second kappa shape index (κ2) is 2.84. The minimum absolute atomic E-state index is 0.233. The Labute approximate surface area is 68.3 Å². The van der Waals surface area contributed by atoms with Crippen molar-refractivity contribution in [1.29, 1.82) is 0 Å². The van der Waals surface area contributed by atoms with Crippen LogP contribution in [0.4, 0.5) is 0 Å². The van der Waals surface area contributed by atoms with Crippen LogP contribution >= 0.6 is 0 Å². The van der Waals surface area contributed by atoms with Gasteiger partial charge in [0.1, 0.15) is 0 Å². The molecule has 1 rings (SSSR count). The maximum Gasteiger partial charge on any atom is 0.330 e. The van der Waals surface area contributed by atoms with Crippen molar-refractivity contribution in [2.45, 2.75) is 13.3 Å². The van der Waals surface area contributed by atoms with E-state index in [1.54, 1.807) is 6.92 Å². The van der Waals surface area contributed by atoms with E-state index in [-0.39, 0.29) is 11.4 Å². The highest BCUT2D eigenvalue weighted by molar-refractivity contribution is 5.21. The summed E-state index contributed by atoms with van der Waals surface area (Å²) in [5, 5.41) is 9.30. The lowest BCUT2D eigenvalue weighted by atomic mass is 10.2. The largest absolute Gasteiger partial charge is 0.494 e. The molecular weight excluding hydrogens is 160 g/mol. The van der Waals surface area contributed by atoms with Crippen LogP contribution in [-0.2, 0) is 13.5 Å². The molecule has 0 aliphatic rings. The van der Waals surface area contributed by atoms with Crippen LogP contribution in [0.3, 0.4) is 0 Å². The minimum Gasteiger partial charge on any atom is -0.494 e. The Morgan fingerprint density at radius 1 is 1.50 bits per heavy atom. The zero-order chi connectivity index (χ0) is 9.30. The molecule has 0 fully saturated rings. The van der Waals surface area contributed by atoms with Crippen molar-refractivity contribution in [3.63, 3.8) is 0 Å². The summed E-state index contributed by atoms with van der Waals surface area (Å²) >= 11 is 0. The molecule has 5 nitrogen and oxygen atoms in total. The highest BCUT2D eigenvalue weighted by Gasteiger charge is 2.08. The Kier molecular flexibility index (Phi) is 2.03. The van der Waals surface area contributed by atoms with Crippen molar-refractivity contribution < 1.29 is 5.11 Å². The zero-order valence-corrected chi connectivity index (χ0v) is 6.92. The van der Waals surface area contributed by atoms with Crippen molar-refractivity contribution >= 4 is 0 Å². The Morgan fingerprint density at radius 2 is 2.08 bits per heavy atom. The van der Waals surface area contributed by atoms with Crippen molar-refractivity contribution in [1.82, 2.24) is 9.55 Å². The van der Waals surface area contributed by atoms with Crippen LogP contribution in [0.2, 0.25) is 0 Å². The number of aromatic nitrogens is 2. The maximum absolute atomic E-state index is 11.0. The van der Waals surface area contributed by atoms with Crippen LogP contribution in [0.5, 0.6) is 5.88 Å². The second-order valence-corrected chi connectivity index (χ2v) is 2.47. The van der Waals surface area contributed by atoms with E-state index in [1.165, 1.54) is 7.05 Å². The molecule has 1 aromatic rings. The molecule has 0 saturated carbocycles. The van der Waals surface area contributed by atoms with Crippen LogP contribution in [0.15, 0.2) is 9.59 Å². The Hall–Kier alpha value is -1.52. The van der Waals surface area contributed by atoms with Crippen LogP contribution in [0.1, 0.15) is 12.5 Å². The van der Waals surface area contributed by atoms with Crippen molar-refractivity contribution in [2.75, 3.05) is 0 Å². The van der Waals surface area contributed by atoms with Crippen LogP contribution in [-0.4, -0.2) is 14.7 Å². The second-order valence-electron chi connectivity index (χ2n) is 2.47. The molecule has 0 unspecified atom stereocenters. The van der Waals surface area contributed by atoms with Crippen LogP contribution < -0.4 is 11.2 Å². The quantitative estimate of drug-likeness (QED) is 0.587. The van der Waals surface area contributed by atoms with Gasteiger partial charge in [0.25, 0.3) is 5.56 Å². The summed E-state index contributed by atoms with van der Waals surface area (Å²) in [4.78, 5) is 24.0. The lowest BCUT2D eigenvalue weighted by Gasteiger charge is -2.03. The molecule has 0 aliphatic carbocycles. The number of nitrogens with one attached hydrogen (secondary N) is 1. The smallest absolute Gasteiger partial charge is 0.330 e. The number of aromatic amines is 1. The van der Waals surface area contributed by atoms with Crippen molar-refractivity contribution in [2.24, 2.45) is 7.05 Å². The Balaban J connectivity index is 3.63. The number of H-pyrrole nitrogens is 1. The van der Waals surface area contributed by atoms with Gasteiger partial charge in [0.05, 0.1) is 5.56 Å². The molecule has 0 aromatic carbocycles. The minimum atomic E-state index is -0.602. The van der Waals surface area contributed by atoms with Gasteiger partial charge >= 0.3 is 5.69 Å². The summed E-state index contributed by atoms with van der Waals surface area (Å²) in [6, 6.07) is 0. The van der Waals surface area contributed by atoms with Crippen molar-refractivity contribution in [3.05, 3.63) is 26.4 Å². The fraction of sp³-hybridized carbons (Fsp3) is 0.429. The fourth-order valence-electron chi connectivity index (χ4n) is 0.975. The molecule has 66 valence electrons. The number of hydrogen-bond acceptors (Lipinski definition) is 3. The summed E-state index contributed by atoms with van der Waals surface area (Å²) in [5.41, 5.74) is -0.884. The molecule has 0 saturated heterocycles. The lowest BCUT2D eigenvalue weighted by molar-refractivity contribution is 0.410. The number of aromatic hydroxyl groups is 1. The van der Waals surface area contributed by atoms with Gasteiger partial charge in [-0.15, -0.1) is 0 Å². The standard InChI is InChI=1S/C7H10N2O3/c1-3-4-5(10)8-7(12)9(2)6(4)11/h11H,3H2,1-2H3,(H,8,10,12). The average molecular weight is 170 g/mol. The molecule has 12 heavy (non-hydrogen) atoms. The Morgan fingerprint density at radius 3 is 2.58 bits per heavy atom. The van der Waals surface area contributed by atoms with E-state index in [0.29, 0.717) is 6.42 Å². The van der Waals surface area contributed by atoms with E-state index in [4.69, 9.17) is 0 Å². The maximum atomic E-state index is 11.0.